The minimum absolute atomic E-state index is 0.124. The maximum Gasteiger partial charge on any atom is 0.118 e. The van der Waals surface area contributed by atoms with Gasteiger partial charge in [-0.05, 0) is 45.1 Å². The Morgan fingerprint density at radius 1 is 1.32 bits per heavy atom. The van der Waals surface area contributed by atoms with Gasteiger partial charge in [-0.15, -0.1) is 11.3 Å². The highest BCUT2D eigenvalue weighted by molar-refractivity contribution is 9.10. The molecule has 0 aliphatic heterocycles. The molecule has 2 aromatic rings. The Hall–Kier alpha value is -0.880. The van der Waals surface area contributed by atoms with E-state index in [0.29, 0.717) is 6.54 Å². The van der Waals surface area contributed by atoms with E-state index in [0.717, 1.165) is 20.7 Å². The van der Waals surface area contributed by atoms with Gasteiger partial charge in [-0.25, -0.2) is 0 Å². The lowest BCUT2D eigenvalue weighted by Crippen LogP contribution is -2.19. The first-order valence-electron chi connectivity index (χ1n) is 5.92. The van der Waals surface area contributed by atoms with E-state index in [1.54, 1.807) is 7.11 Å². The van der Waals surface area contributed by atoms with Gasteiger partial charge in [0.2, 0.25) is 0 Å². The molecule has 5 heteroatoms. The molecule has 102 valence electrons. The van der Waals surface area contributed by atoms with Crippen molar-refractivity contribution in [1.82, 2.24) is 0 Å². The maximum atomic E-state index is 10.5. The van der Waals surface area contributed by atoms with E-state index in [1.165, 1.54) is 11.3 Å². The topological polar surface area (TPSA) is 55.5 Å². The van der Waals surface area contributed by atoms with Gasteiger partial charge in [0.15, 0.2) is 0 Å². The molecule has 0 aliphatic rings. The number of hydrogen-bond acceptors (Lipinski definition) is 4. The van der Waals surface area contributed by atoms with Gasteiger partial charge in [0.05, 0.1) is 13.2 Å². The summed E-state index contributed by atoms with van der Waals surface area (Å²) in [5.74, 6) is 0.673. The van der Waals surface area contributed by atoms with Gasteiger partial charge >= 0.3 is 0 Å². The Kier molecular flexibility index (Phi) is 4.99. The number of aliphatic hydroxyl groups excluding tert-OH is 1. The van der Waals surface area contributed by atoms with Crippen molar-refractivity contribution in [2.75, 3.05) is 13.7 Å². The fraction of sp³-hybridized carbons (Fsp3) is 0.286. The molecule has 2 unspecified atom stereocenters. The van der Waals surface area contributed by atoms with Gasteiger partial charge in [0.1, 0.15) is 5.75 Å². The van der Waals surface area contributed by atoms with Crippen LogP contribution in [0.3, 0.4) is 0 Å². The number of nitrogens with two attached hydrogens (primary N) is 1. The number of thiophene rings is 1. The van der Waals surface area contributed by atoms with E-state index in [2.05, 4.69) is 15.9 Å². The molecule has 3 N–H and O–H groups in total. The van der Waals surface area contributed by atoms with Crippen molar-refractivity contribution in [3.63, 3.8) is 0 Å². The van der Waals surface area contributed by atoms with Gasteiger partial charge in [0.25, 0.3) is 0 Å². The molecule has 0 bridgehead atoms. The predicted molar refractivity (Wildman–Crippen MR) is 81.8 cm³/mol. The largest absolute Gasteiger partial charge is 0.497 e. The van der Waals surface area contributed by atoms with E-state index in [1.807, 2.05) is 35.7 Å². The number of methoxy groups -OCH3 is 1. The normalized spacial score (nSPS) is 14.1. The SMILES string of the molecule is COc1ccc(C(CN)C(O)c2sccc2Br)cc1. The Balaban J connectivity index is 2.26. The van der Waals surface area contributed by atoms with Gasteiger partial charge in [0, 0.05) is 21.8 Å². The number of hydrogen-bond donors (Lipinski definition) is 2. The second-order valence-electron chi connectivity index (χ2n) is 4.19. The van der Waals surface area contributed by atoms with Crippen LogP contribution in [0.15, 0.2) is 40.2 Å². The summed E-state index contributed by atoms with van der Waals surface area (Å²) in [5, 5.41) is 12.4. The van der Waals surface area contributed by atoms with Crippen molar-refractivity contribution in [1.29, 1.82) is 0 Å². The van der Waals surface area contributed by atoms with Gasteiger partial charge in [-0.3, -0.25) is 0 Å². The molecule has 2 atom stereocenters. The summed E-state index contributed by atoms with van der Waals surface area (Å²) < 4.78 is 6.06. The first-order valence-corrected chi connectivity index (χ1v) is 7.59. The van der Waals surface area contributed by atoms with E-state index < -0.39 is 6.10 Å². The van der Waals surface area contributed by atoms with Crippen molar-refractivity contribution in [3.05, 3.63) is 50.6 Å². The number of ether oxygens (including phenoxy) is 1. The smallest absolute Gasteiger partial charge is 0.118 e. The first-order chi connectivity index (χ1) is 9.17. The summed E-state index contributed by atoms with van der Waals surface area (Å²) in [6.07, 6.45) is -0.604. The molecule has 0 fully saturated rings. The number of benzene rings is 1. The van der Waals surface area contributed by atoms with Crippen molar-refractivity contribution in [3.8, 4) is 5.75 Å². The first kappa shape index (κ1) is 14.5. The molecular formula is C14H16BrNO2S. The molecule has 2 rings (SSSR count). The fourth-order valence-electron chi connectivity index (χ4n) is 2.00. The van der Waals surface area contributed by atoms with Crippen LogP contribution in [0.4, 0.5) is 0 Å². The average molecular weight is 342 g/mol. The van der Waals surface area contributed by atoms with Crippen LogP contribution in [0.1, 0.15) is 22.5 Å². The third kappa shape index (κ3) is 3.17. The summed E-state index contributed by atoms with van der Waals surface area (Å²) >= 11 is 4.98. The fourth-order valence-corrected chi connectivity index (χ4v) is 3.65. The highest BCUT2D eigenvalue weighted by Crippen LogP contribution is 2.37. The minimum atomic E-state index is -0.604. The molecule has 1 heterocycles. The Morgan fingerprint density at radius 2 is 2.00 bits per heavy atom. The van der Waals surface area contributed by atoms with Crippen molar-refractivity contribution < 1.29 is 9.84 Å². The van der Waals surface area contributed by atoms with Crippen molar-refractivity contribution >= 4 is 27.3 Å². The molecule has 0 aliphatic carbocycles. The van der Waals surface area contributed by atoms with Gasteiger partial charge in [-0.2, -0.15) is 0 Å². The van der Waals surface area contributed by atoms with Crippen LogP contribution >= 0.6 is 27.3 Å². The van der Waals surface area contributed by atoms with Crippen LogP contribution in [-0.4, -0.2) is 18.8 Å². The summed E-state index contributed by atoms with van der Waals surface area (Å²) in [7, 11) is 1.63. The second kappa shape index (κ2) is 6.52. The quantitative estimate of drug-likeness (QED) is 0.877. The average Bonchev–Trinajstić information content (AvgIpc) is 2.86. The molecule has 0 saturated heterocycles. The molecular weight excluding hydrogens is 326 g/mol. The van der Waals surface area contributed by atoms with Crippen LogP contribution in [0.5, 0.6) is 5.75 Å². The summed E-state index contributed by atoms with van der Waals surface area (Å²) in [4.78, 5) is 0.909. The van der Waals surface area contributed by atoms with E-state index in [4.69, 9.17) is 10.5 Å². The lowest BCUT2D eigenvalue weighted by atomic mass is 9.92. The lowest BCUT2D eigenvalue weighted by Gasteiger charge is -2.21. The Bertz CT molecular complexity index is 526. The molecule has 0 spiro atoms. The standard InChI is InChI=1S/C14H16BrNO2S/c1-18-10-4-2-9(3-5-10)11(8-16)13(17)14-12(15)6-7-19-14/h2-7,11,13,17H,8,16H2,1H3. The van der Waals surface area contributed by atoms with Crippen LogP contribution in [0.2, 0.25) is 0 Å². The molecule has 1 aromatic carbocycles. The molecule has 1 aromatic heterocycles. The molecule has 0 saturated carbocycles. The highest BCUT2D eigenvalue weighted by atomic mass is 79.9. The zero-order valence-corrected chi connectivity index (χ0v) is 12.9. The third-order valence-electron chi connectivity index (χ3n) is 3.09. The third-order valence-corrected chi connectivity index (χ3v) is 5.03. The van der Waals surface area contributed by atoms with Gasteiger partial charge in [-0.1, -0.05) is 12.1 Å². The lowest BCUT2D eigenvalue weighted by molar-refractivity contribution is 0.150. The van der Waals surface area contributed by atoms with Crippen molar-refractivity contribution in [2.45, 2.75) is 12.0 Å². The van der Waals surface area contributed by atoms with Crippen LogP contribution in [0, 0.1) is 0 Å². The molecule has 0 radical (unpaired) electrons. The van der Waals surface area contributed by atoms with E-state index in [-0.39, 0.29) is 5.92 Å². The van der Waals surface area contributed by atoms with Gasteiger partial charge < -0.3 is 15.6 Å². The molecule has 0 amide bonds. The minimum Gasteiger partial charge on any atom is -0.497 e. The van der Waals surface area contributed by atoms with Crippen LogP contribution < -0.4 is 10.5 Å². The predicted octanol–water partition coefficient (Wildman–Crippen LogP) is 3.30. The summed E-state index contributed by atoms with van der Waals surface area (Å²) in [6.45, 7) is 0.387. The molecule has 19 heavy (non-hydrogen) atoms. The second-order valence-corrected chi connectivity index (χ2v) is 6.00. The molecule has 3 nitrogen and oxygen atoms in total. The van der Waals surface area contributed by atoms with E-state index >= 15 is 0 Å². The monoisotopic (exact) mass is 341 g/mol. The van der Waals surface area contributed by atoms with Crippen LogP contribution in [0.25, 0.3) is 0 Å². The van der Waals surface area contributed by atoms with Crippen LogP contribution in [-0.2, 0) is 0 Å². The van der Waals surface area contributed by atoms with Crippen molar-refractivity contribution in [2.24, 2.45) is 5.73 Å². The highest BCUT2D eigenvalue weighted by Gasteiger charge is 2.24. The van der Waals surface area contributed by atoms with E-state index in [9.17, 15) is 5.11 Å². The maximum absolute atomic E-state index is 10.5. The summed E-state index contributed by atoms with van der Waals surface area (Å²) in [6, 6.07) is 9.59. The summed E-state index contributed by atoms with van der Waals surface area (Å²) in [5.41, 5.74) is 6.84. The number of aliphatic hydroxyl groups is 1. The zero-order chi connectivity index (χ0) is 13.8. The Morgan fingerprint density at radius 3 is 2.47 bits per heavy atom. The zero-order valence-electron chi connectivity index (χ0n) is 10.5. The number of rotatable bonds is 5. The number of halogens is 1. The Labute approximate surface area is 125 Å².